The Labute approximate surface area is 181 Å². The summed E-state index contributed by atoms with van der Waals surface area (Å²) in [5.74, 6) is 0.119. The van der Waals surface area contributed by atoms with Crippen LogP contribution >= 0.6 is 0 Å². The van der Waals surface area contributed by atoms with Crippen molar-refractivity contribution in [1.29, 1.82) is 0 Å². The van der Waals surface area contributed by atoms with Crippen molar-refractivity contribution in [3.05, 3.63) is 66.2 Å². The van der Waals surface area contributed by atoms with E-state index in [4.69, 9.17) is 4.74 Å². The molecule has 1 saturated heterocycles. The van der Waals surface area contributed by atoms with Crippen LogP contribution < -0.4 is 0 Å². The monoisotopic (exact) mass is 421 g/mol. The van der Waals surface area contributed by atoms with Crippen LogP contribution in [0.15, 0.2) is 55.1 Å². The third-order valence-corrected chi connectivity index (χ3v) is 5.39. The lowest BCUT2D eigenvalue weighted by Gasteiger charge is -2.28. The van der Waals surface area contributed by atoms with E-state index in [1.54, 1.807) is 23.4 Å². The van der Waals surface area contributed by atoms with E-state index < -0.39 is 0 Å². The first-order valence-electron chi connectivity index (χ1n) is 10.6. The number of tetrazole rings is 1. The van der Waals surface area contributed by atoms with Crippen molar-refractivity contribution >= 4 is 5.91 Å². The first kappa shape index (κ1) is 21.1. The number of nitrogens with zero attached hydrogens (tertiary/aromatic N) is 7. The molecule has 1 fully saturated rings. The Kier molecular flexibility index (Phi) is 7.30. The van der Waals surface area contributed by atoms with Crippen LogP contribution in [0, 0.1) is 0 Å². The van der Waals surface area contributed by atoms with Gasteiger partial charge in [-0.25, -0.2) is 4.68 Å². The number of ether oxygens (including phenoxy) is 1. The molecule has 3 aromatic rings. The Bertz CT molecular complexity index is 926. The molecule has 9 heteroatoms. The number of rotatable bonds is 9. The average Bonchev–Trinajstić information content (AvgIpc) is 3.35. The van der Waals surface area contributed by atoms with Crippen LogP contribution in [0.3, 0.4) is 0 Å². The van der Waals surface area contributed by atoms with E-state index in [0.717, 1.165) is 62.6 Å². The van der Waals surface area contributed by atoms with E-state index in [2.05, 4.69) is 25.4 Å². The lowest BCUT2D eigenvalue weighted by atomic mass is 10.1. The van der Waals surface area contributed by atoms with Gasteiger partial charge in [0.2, 0.25) is 5.91 Å². The van der Waals surface area contributed by atoms with Gasteiger partial charge in [0.15, 0.2) is 0 Å². The molecular weight excluding hydrogens is 394 g/mol. The van der Waals surface area contributed by atoms with E-state index in [-0.39, 0.29) is 5.91 Å². The standard InChI is InChI=1S/C22H27N7O2/c30-22(16-19-2-4-21(5-3-19)29-18-24-25-26-29)28(17-20-6-8-23-9-7-20)11-1-10-27-12-14-31-15-13-27/h2-9,18H,1,10-17H2. The fourth-order valence-electron chi connectivity index (χ4n) is 3.64. The molecule has 162 valence electrons. The molecule has 0 radical (unpaired) electrons. The maximum Gasteiger partial charge on any atom is 0.227 e. The van der Waals surface area contributed by atoms with Crippen molar-refractivity contribution in [1.82, 2.24) is 35.0 Å². The quantitative estimate of drug-likeness (QED) is 0.515. The van der Waals surface area contributed by atoms with E-state index in [0.29, 0.717) is 13.0 Å². The number of amides is 1. The van der Waals surface area contributed by atoms with E-state index in [9.17, 15) is 4.79 Å². The highest BCUT2D eigenvalue weighted by atomic mass is 16.5. The largest absolute Gasteiger partial charge is 0.379 e. The molecule has 3 heterocycles. The molecular formula is C22H27N7O2. The summed E-state index contributed by atoms with van der Waals surface area (Å²) in [6.07, 6.45) is 6.38. The summed E-state index contributed by atoms with van der Waals surface area (Å²) in [6.45, 7) is 5.80. The number of carbonyl (C=O) groups is 1. The molecule has 0 unspecified atom stereocenters. The molecule has 0 bridgehead atoms. The van der Waals surface area contributed by atoms with Crippen LogP contribution in [0.4, 0.5) is 0 Å². The van der Waals surface area contributed by atoms with Crippen LogP contribution in [-0.4, -0.2) is 80.3 Å². The van der Waals surface area contributed by atoms with Gasteiger partial charge in [-0.3, -0.25) is 14.7 Å². The fraction of sp³-hybridized carbons (Fsp3) is 0.409. The van der Waals surface area contributed by atoms with Crippen LogP contribution in [0.25, 0.3) is 5.69 Å². The maximum atomic E-state index is 13.2. The third-order valence-electron chi connectivity index (χ3n) is 5.39. The van der Waals surface area contributed by atoms with Crippen LogP contribution in [0.2, 0.25) is 0 Å². The minimum absolute atomic E-state index is 0.119. The number of aromatic nitrogens is 5. The van der Waals surface area contributed by atoms with Crippen molar-refractivity contribution in [3.63, 3.8) is 0 Å². The molecule has 0 atom stereocenters. The van der Waals surface area contributed by atoms with E-state index in [1.807, 2.05) is 41.3 Å². The summed E-state index contributed by atoms with van der Waals surface area (Å²) in [4.78, 5) is 21.6. The Balaban J connectivity index is 1.37. The van der Waals surface area contributed by atoms with Gasteiger partial charge in [-0.05, 0) is 52.2 Å². The fourth-order valence-corrected chi connectivity index (χ4v) is 3.64. The molecule has 9 nitrogen and oxygen atoms in total. The van der Waals surface area contributed by atoms with Crippen molar-refractivity contribution in [2.75, 3.05) is 39.4 Å². The summed E-state index contributed by atoms with van der Waals surface area (Å²) in [5.41, 5.74) is 2.92. The zero-order valence-electron chi connectivity index (χ0n) is 17.5. The van der Waals surface area contributed by atoms with Gasteiger partial charge < -0.3 is 9.64 Å². The molecule has 1 aliphatic rings. The number of carbonyl (C=O) groups excluding carboxylic acids is 1. The Morgan fingerprint density at radius 2 is 1.81 bits per heavy atom. The molecule has 2 aromatic heterocycles. The summed E-state index contributed by atoms with van der Waals surface area (Å²) < 4.78 is 7.01. The summed E-state index contributed by atoms with van der Waals surface area (Å²) in [6, 6.07) is 11.7. The first-order valence-corrected chi connectivity index (χ1v) is 10.6. The smallest absolute Gasteiger partial charge is 0.227 e. The van der Waals surface area contributed by atoms with Crippen molar-refractivity contribution in [3.8, 4) is 5.69 Å². The van der Waals surface area contributed by atoms with Crippen molar-refractivity contribution in [2.45, 2.75) is 19.4 Å². The molecule has 1 aromatic carbocycles. The summed E-state index contributed by atoms with van der Waals surface area (Å²) in [7, 11) is 0. The number of pyridine rings is 1. The topological polar surface area (TPSA) is 89.3 Å². The number of hydrogen-bond acceptors (Lipinski definition) is 7. The highest BCUT2D eigenvalue weighted by Gasteiger charge is 2.16. The highest BCUT2D eigenvalue weighted by molar-refractivity contribution is 5.78. The number of hydrogen-bond donors (Lipinski definition) is 0. The lowest BCUT2D eigenvalue weighted by Crippen LogP contribution is -2.39. The normalized spacial score (nSPS) is 14.5. The van der Waals surface area contributed by atoms with Gasteiger partial charge in [-0.2, -0.15) is 0 Å². The number of morpholine rings is 1. The van der Waals surface area contributed by atoms with Gasteiger partial charge in [-0.1, -0.05) is 12.1 Å². The molecule has 0 aliphatic carbocycles. The Morgan fingerprint density at radius 1 is 1.03 bits per heavy atom. The van der Waals surface area contributed by atoms with Crippen molar-refractivity contribution in [2.24, 2.45) is 0 Å². The molecule has 0 N–H and O–H groups in total. The Hall–Kier alpha value is -3.17. The average molecular weight is 422 g/mol. The Morgan fingerprint density at radius 3 is 2.52 bits per heavy atom. The zero-order chi connectivity index (χ0) is 21.3. The SMILES string of the molecule is O=C(Cc1ccc(-n2cnnn2)cc1)N(CCCN1CCOCC1)Cc1ccncc1. The lowest BCUT2D eigenvalue weighted by molar-refractivity contribution is -0.131. The third kappa shape index (κ3) is 6.16. The van der Waals surface area contributed by atoms with Gasteiger partial charge in [0.05, 0.1) is 25.3 Å². The van der Waals surface area contributed by atoms with Crippen molar-refractivity contribution < 1.29 is 9.53 Å². The van der Waals surface area contributed by atoms with Gasteiger partial charge in [0.25, 0.3) is 0 Å². The molecule has 4 rings (SSSR count). The highest BCUT2D eigenvalue weighted by Crippen LogP contribution is 2.12. The minimum Gasteiger partial charge on any atom is -0.379 e. The second-order valence-electron chi connectivity index (χ2n) is 7.58. The van der Waals surface area contributed by atoms with Gasteiger partial charge in [0, 0.05) is 45.1 Å². The predicted octanol–water partition coefficient (Wildman–Crippen LogP) is 1.35. The van der Waals surface area contributed by atoms with E-state index in [1.165, 1.54) is 0 Å². The molecule has 31 heavy (non-hydrogen) atoms. The number of benzene rings is 1. The first-order chi connectivity index (χ1) is 15.3. The van der Waals surface area contributed by atoms with Crippen LogP contribution in [0.5, 0.6) is 0 Å². The summed E-state index contributed by atoms with van der Waals surface area (Å²) in [5, 5.41) is 11.2. The van der Waals surface area contributed by atoms with E-state index >= 15 is 0 Å². The van der Waals surface area contributed by atoms with Gasteiger partial charge in [0.1, 0.15) is 6.33 Å². The second-order valence-corrected chi connectivity index (χ2v) is 7.58. The van der Waals surface area contributed by atoms with Crippen LogP contribution in [0.1, 0.15) is 17.5 Å². The molecule has 1 aliphatic heterocycles. The molecule has 0 spiro atoms. The van der Waals surface area contributed by atoms with Gasteiger partial charge >= 0.3 is 0 Å². The zero-order valence-corrected chi connectivity index (χ0v) is 17.5. The molecule has 0 saturated carbocycles. The van der Waals surface area contributed by atoms with Crippen LogP contribution in [-0.2, 0) is 22.5 Å². The molecule has 1 amide bonds. The minimum atomic E-state index is 0.119. The summed E-state index contributed by atoms with van der Waals surface area (Å²) >= 11 is 0. The second kappa shape index (κ2) is 10.7. The maximum absolute atomic E-state index is 13.2. The predicted molar refractivity (Wildman–Crippen MR) is 114 cm³/mol. The van der Waals surface area contributed by atoms with Gasteiger partial charge in [-0.15, -0.1) is 5.10 Å².